The molecule has 0 spiro atoms. The molecule has 2 aromatic heterocycles. The number of aromatic nitrogens is 4. The Kier molecular flexibility index (Phi) is 5.70. The Morgan fingerprint density at radius 2 is 2.03 bits per heavy atom. The minimum atomic E-state index is -0.0548. The zero-order valence-electron chi connectivity index (χ0n) is 16.3. The van der Waals surface area contributed by atoms with Gasteiger partial charge in [-0.05, 0) is 43.2 Å². The Labute approximate surface area is 181 Å². The highest BCUT2D eigenvalue weighted by Crippen LogP contribution is 2.31. The maximum absolute atomic E-state index is 10.5. The van der Waals surface area contributed by atoms with E-state index in [9.17, 15) is 10.4 Å². The molecule has 0 saturated carbocycles. The summed E-state index contributed by atoms with van der Waals surface area (Å²) in [6, 6.07) is 15.6. The number of rotatable bonds is 6. The van der Waals surface area contributed by atoms with Crippen LogP contribution in [0.1, 0.15) is 17.0 Å². The van der Waals surface area contributed by atoms with Crippen LogP contribution in [0.3, 0.4) is 0 Å². The van der Waals surface area contributed by atoms with Gasteiger partial charge < -0.3 is 15.4 Å². The molecule has 0 radical (unpaired) electrons. The van der Waals surface area contributed by atoms with Crippen LogP contribution < -0.4 is 5.32 Å². The molecular weight excluding hydrogens is 416 g/mol. The van der Waals surface area contributed by atoms with E-state index in [-0.39, 0.29) is 17.1 Å². The molecule has 4 aromatic rings. The SMILES string of the molecule is Cc1cccc(Nc2nnc(SCC(O)=C(C#N)c3nc4ccccc4[nH]3)s2)c1C. The highest BCUT2D eigenvalue weighted by molar-refractivity contribution is 8.01. The second kappa shape index (κ2) is 8.57. The number of H-pyrrole nitrogens is 1. The molecule has 0 aliphatic carbocycles. The first-order valence-corrected chi connectivity index (χ1v) is 10.9. The molecular formula is C21H18N6OS2. The second-order valence-corrected chi connectivity index (χ2v) is 8.77. The lowest BCUT2D eigenvalue weighted by Crippen LogP contribution is -1.95. The normalized spacial score (nSPS) is 11.9. The number of fused-ring (bicyclic) bond motifs is 1. The second-order valence-electron chi connectivity index (χ2n) is 6.57. The van der Waals surface area contributed by atoms with Gasteiger partial charge in [0.25, 0.3) is 0 Å². The van der Waals surface area contributed by atoms with Gasteiger partial charge in [0.1, 0.15) is 17.4 Å². The summed E-state index contributed by atoms with van der Waals surface area (Å²) >= 11 is 2.71. The molecule has 0 aliphatic heterocycles. The molecule has 2 aromatic carbocycles. The van der Waals surface area contributed by atoms with Crippen LogP contribution in [0.25, 0.3) is 16.6 Å². The number of thioether (sulfide) groups is 1. The van der Waals surface area contributed by atoms with Gasteiger partial charge >= 0.3 is 0 Å². The van der Waals surface area contributed by atoms with E-state index >= 15 is 0 Å². The van der Waals surface area contributed by atoms with Crippen LogP contribution in [-0.2, 0) is 0 Å². The zero-order chi connectivity index (χ0) is 21.1. The Morgan fingerprint density at radius 3 is 2.83 bits per heavy atom. The fourth-order valence-electron chi connectivity index (χ4n) is 2.85. The number of nitrogens with zero attached hydrogens (tertiary/aromatic N) is 4. The molecule has 30 heavy (non-hydrogen) atoms. The van der Waals surface area contributed by atoms with Crippen molar-refractivity contribution < 1.29 is 5.11 Å². The van der Waals surface area contributed by atoms with Crippen LogP contribution in [0.2, 0.25) is 0 Å². The van der Waals surface area contributed by atoms with E-state index in [1.807, 2.05) is 42.5 Å². The van der Waals surface area contributed by atoms with Crippen molar-refractivity contribution in [2.75, 3.05) is 11.1 Å². The first kappa shape index (κ1) is 19.9. The largest absolute Gasteiger partial charge is 0.510 e. The summed E-state index contributed by atoms with van der Waals surface area (Å²) in [5.74, 6) is 0.491. The van der Waals surface area contributed by atoms with Crippen molar-refractivity contribution in [2.45, 2.75) is 18.2 Å². The fraction of sp³-hybridized carbons (Fsp3) is 0.143. The van der Waals surface area contributed by atoms with Gasteiger partial charge in [0.2, 0.25) is 5.13 Å². The fourth-order valence-corrected chi connectivity index (χ4v) is 4.49. The average Bonchev–Trinajstić information content (AvgIpc) is 3.37. The number of imidazole rings is 1. The van der Waals surface area contributed by atoms with Gasteiger partial charge in [-0.25, -0.2) is 4.98 Å². The third kappa shape index (κ3) is 4.15. The first-order valence-electron chi connectivity index (χ1n) is 9.12. The average molecular weight is 435 g/mol. The number of aryl methyl sites for hydroxylation is 1. The molecule has 0 aliphatic rings. The van der Waals surface area contributed by atoms with E-state index < -0.39 is 0 Å². The standard InChI is InChI=1S/C21H18N6OS2/c1-12-6-5-9-15(13(12)2)25-20-26-27-21(30-20)29-11-18(28)14(10-22)19-23-16-7-3-4-8-17(16)24-19/h3-9,28H,11H2,1-2H3,(H,23,24)(H,25,26). The van der Waals surface area contributed by atoms with Gasteiger partial charge in [0.05, 0.1) is 16.8 Å². The molecule has 9 heteroatoms. The van der Waals surface area contributed by atoms with Crippen LogP contribution in [0.5, 0.6) is 0 Å². The van der Waals surface area contributed by atoms with E-state index in [2.05, 4.69) is 45.4 Å². The van der Waals surface area contributed by atoms with Crippen LogP contribution in [0, 0.1) is 25.2 Å². The van der Waals surface area contributed by atoms with E-state index in [1.165, 1.54) is 28.7 Å². The minimum Gasteiger partial charge on any atom is -0.510 e. The zero-order valence-corrected chi connectivity index (χ0v) is 17.9. The number of nitrogens with one attached hydrogen (secondary N) is 2. The number of hydrogen-bond acceptors (Lipinski definition) is 8. The molecule has 0 amide bonds. The Balaban J connectivity index is 1.47. The number of para-hydroxylation sites is 2. The topological polar surface area (TPSA) is 111 Å². The summed E-state index contributed by atoms with van der Waals surface area (Å²) < 4.78 is 0.691. The number of aliphatic hydroxyl groups excluding tert-OH is 1. The number of hydrogen-bond donors (Lipinski definition) is 3. The summed E-state index contributed by atoms with van der Waals surface area (Å²) in [5, 5.41) is 32.3. The van der Waals surface area contributed by atoms with Gasteiger partial charge in [-0.2, -0.15) is 5.26 Å². The molecule has 7 nitrogen and oxygen atoms in total. The van der Waals surface area contributed by atoms with Crippen LogP contribution >= 0.6 is 23.1 Å². The van der Waals surface area contributed by atoms with Gasteiger partial charge in [-0.1, -0.05) is 47.4 Å². The first-order chi connectivity index (χ1) is 14.5. The Bertz CT molecular complexity index is 1250. The number of allylic oxidation sites excluding steroid dienone is 1. The molecule has 0 atom stereocenters. The number of aliphatic hydroxyl groups is 1. The van der Waals surface area contributed by atoms with Crippen molar-refractivity contribution >= 4 is 50.5 Å². The summed E-state index contributed by atoms with van der Waals surface area (Å²) in [4.78, 5) is 7.46. The van der Waals surface area contributed by atoms with E-state index in [4.69, 9.17) is 0 Å². The number of aromatic amines is 1. The Morgan fingerprint density at radius 1 is 1.20 bits per heavy atom. The lowest BCUT2D eigenvalue weighted by atomic mass is 10.1. The summed E-state index contributed by atoms with van der Waals surface area (Å²) in [6.45, 7) is 4.12. The summed E-state index contributed by atoms with van der Waals surface area (Å²) in [6.07, 6.45) is 0. The van der Waals surface area contributed by atoms with Crippen molar-refractivity contribution in [3.63, 3.8) is 0 Å². The number of benzene rings is 2. The van der Waals surface area contributed by atoms with Crippen molar-refractivity contribution in [3.8, 4) is 6.07 Å². The van der Waals surface area contributed by atoms with E-state index in [0.29, 0.717) is 15.3 Å². The van der Waals surface area contributed by atoms with Crippen LogP contribution in [-0.4, -0.2) is 31.0 Å². The number of nitriles is 1. The lowest BCUT2D eigenvalue weighted by molar-refractivity contribution is 0.420. The Hall–Kier alpha value is -3.35. The molecule has 0 fully saturated rings. The quantitative estimate of drug-likeness (QED) is 0.213. The van der Waals surface area contributed by atoms with Gasteiger partial charge in [0.15, 0.2) is 10.2 Å². The molecule has 150 valence electrons. The van der Waals surface area contributed by atoms with Crippen molar-refractivity contribution in [1.82, 2.24) is 20.2 Å². The summed E-state index contributed by atoms with van der Waals surface area (Å²) in [5.41, 5.74) is 5.02. The minimum absolute atomic E-state index is 0.0548. The van der Waals surface area contributed by atoms with Crippen molar-refractivity contribution in [1.29, 1.82) is 5.26 Å². The van der Waals surface area contributed by atoms with Gasteiger partial charge in [-0.15, -0.1) is 10.2 Å². The monoisotopic (exact) mass is 434 g/mol. The smallest absolute Gasteiger partial charge is 0.210 e. The van der Waals surface area contributed by atoms with E-state index in [0.717, 1.165) is 22.3 Å². The predicted molar refractivity (Wildman–Crippen MR) is 121 cm³/mol. The maximum Gasteiger partial charge on any atom is 0.210 e. The van der Waals surface area contributed by atoms with Crippen LogP contribution in [0.4, 0.5) is 10.8 Å². The third-order valence-electron chi connectivity index (χ3n) is 4.61. The van der Waals surface area contributed by atoms with Gasteiger partial charge in [0, 0.05) is 5.69 Å². The highest BCUT2D eigenvalue weighted by atomic mass is 32.2. The van der Waals surface area contributed by atoms with Crippen molar-refractivity contribution in [3.05, 3.63) is 65.2 Å². The molecule has 4 rings (SSSR count). The predicted octanol–water partition coefficient (Wildman–Crippen LogP) is 5.36. The molecule has 0 saturated heterocycles. The van der Waals surface area contributed by atoms with Gasteiger partial charge in [-0.3, -0.25) is 0 Å². The third-order valence-corrected chi connectivity index (χ3v) is 6.59. The summed E-state index contributed by atoms with van der Waals surface area (Å²) in [7, 11) is 0. The maximum atomic E-state index is 10.5. The number of anilines is 2. The highest BCUT2D eigenvalue weighted by Gasteiger charge is 2.15. The molecule has 3 N–H and O–H groups in total. The molecule has 2 heterocycles. The molecule has 0 unspecified atom stereocenters. The van der Waals surface area contributed by atoms with Crippen molar-refractivity contribution in [2.24, 2.45) is 0 Å². The lowest BCUT2D eigenvalue weighted by Gasteiger charge is -2.08. The van der Waals surface area contributed by atoms with E-state index in [1.54, 1.807) is 0 Å². The van der Waals surface area contributed by atoms with Crippen LogP contribution in [0.15, 0.2) is 52.6 Å². The molecule has 0 bridgehead atoms.